The molecule has 4 heterocycles. The van der Waals surface area contributed by atoms with E-state index in [0.29, 0.717) is 97.3 Å². The number of ketones is 1. The number of imide groups is 1. The number of hydrogen-bond donors (Lipinski definition) is 1. The second-order valence-electron chi connectivity index (χ2n) is 17.2. The highest BCUT2D eigenvalue weighted by molar-refractivity contribution is 6.13. The second-order valence-corrected chi connectivity index (χ2v) is 17.2. The molecule has 0 bridgehead atoms. The number of benzene rings is 4. The molecule has 5 aliphatic rings. The highest BCUT2D eigenvalue weighted by Gasteiger charge is 2.37. The number of hydrogen-bond acceptors (Lipinski definition) is 11. The van der Waals surface area contributed by atoms with Crippen LogP contribution in [0.1, 0.15) is 82.4 Å². The Labute approximate surface area is 388 Å². The molecule has 9 rings (SSSR count). The summed E-state index contributed by atoms with van der Waals surface area (Å²) < 4.78 is 23.3. The highest BCUT2D eigenvalue weighted by Crippen LogP contribution is 2.43. The van der Waals surface area contributed by atoms with Crippen LogP contribution in [-0.4, -0.2) is 91.7 Å². The summed E-state index contributed by atoms with van der Waals surface area (Å²) in [6, 6.07) is 22.3. The van der Waals surface area contributed by atoms with Gasteiger partial charge in [0.05, 0.1) is 50.4 Å². The van der Waals surface area contributed by atoms with E-state index in [1.807, 2.05) is 80.0 Å². The van der Waals surface area contributed by atoms with Crippen LogP contribution < -0.4 is 24.3 Å². The molecule has 14 heteroatoms. The summed E-state index contributed by atoms with van der Waals surface area (Å²) in [5, 5.41) is 2.93. The zero-order chi connectivity index (χ0) is 46.6. The molecule has 4 aromatic rings. The van der Waals surface area contributed by atoms with Gasteiger partial charge in [-0.1, -0.05) is 36.8 Å². The molecule has 1 N–H and O–H groups in total. The van der Waals surface area contributed by atoms with Gasteiger partial charge in [-0.15, -0.1) is 0 Å². The van der Waals surface area contributed by atoms with Gasteiger partial charge in [0.25, 0.3) is 17.7 Å². The topological polar surface area (TPSA) is 166 Å². The molecule has 1 aliphatic carbocycles. The first kappa shape index (κ1) is 44.6. The lowest BCUT2D eigenvalue weighted by molar-refractivity contribution is -0.136. The summed E-state index contributed by atoms with van der Waals surface area (Å²) in [5.41, 5.74) is 7.72. The molecule has 0 aromatic heterocycles. The van der Waals surface area contributed by atoms with Crippen molar-refractivity contribution in [3.05, 3.63) is 125 Å². The Kier molecular flexibility index (Phi) is 13.0. The van der Waals surface area contributed by atoms with E-state index in [0.717, 1.165) is 46.4 Å². The first-order chi connectivity index (χ1) is 32.6. The van der Waals surface area contributed by atoms with Crippen LogP contribution in [0.25, 0.3) is 11.1 Å². The second kappa shape index (κ2) is 19.5. The van der Waals surface area contributed by atoms with Crippen molar-refractivity contribution in [2.75, 3.05) is 39.3 Å². The number of aliphatic imine (C=N–C) groups is 2. The Hall–Kier alpha value is -7.61. The lowest BCUT2D eigenvalue weighted by Gasteiger charge is -2.19. The predicted molar refractivity (Wildman–Crippen MR) is 255 cm³/mol. The van der Waals surface area contributed by atoms with Crippen molar-refractivity contribution in [1.82, 2.24) is 9.80 Å². The van der Waals surface area contributed by atoms with E-state index in [4.69, 9.17) is 28.9 Å². The van der Waals surface area contributed by atoms with Crippen LogP contribution in [0.2, 0.25) is 0 Å². The SMILES string of the molecule is COc1ccc(C2=CC3C(=O)c4cc(C)c(OCCCOc5cc6c(cc5OC)C(=O)N5C=C(c7ccc(NC(=O)CCCCCN8C(=O)C=CC8=O)cc7)C[C@H]5C=N6)cc4N=C[C@@H]3C2)cc1. The Morgan fingerprint density at radius 2 is 1.40 bits per heavy atom. The molecular weight excluding hydrogens is 851 g/mol. The fourth-order valence-electron chi connectivity index (χ4n) is 9.09. The number of unbranched alkanes of at least 4 members (excludes halogenated alkanes) is 2. The van der Waals surface area contributed by atoms with Crippen LogP contribution in [0.5, 0.6) is 23.0 Å². The fourth-order valence-corrected chi connectivity index (χ4v) is 9.09. The third-order valence-electron chi connectivity index (χ3n) is 12.8. The van der Waals surface area contributed by atoms with E-state index in [-0.39, 0.29) is 47.3 Å². The van der Waals surface area contributed by atoms with Gasteiger partial charge in [-0.2, -0.15) is 0 Å². The van der Waals surface area contributed by atoms with Crippen molar-refractivity contribution in [2.24, 2.45) is 21.8 Å². The molecule has 0 saturated heterocycles. The van der Waals surface area contributed by atoms with Gasteiger partial charge in [0.2, 0.25) is 5.91 Å². The molecule has 0 fully saturated rings. The van der Waals surface area contributed by atoms with E-state index >= 15 is 0 Å². The minimum atomic E-state index is -0.291. The van der Waals surface area contributed by atoms with E-state index < -0.39 is 0 Å². The number of allylic oxidation sites excluding steroid dienone is 2. The molecule has 0 spiro atoms. The average molecular weight is 902 g/mol. The molecule has 3 atom stereocenters. The highest BCUT2D eigenvalue weighted by atomic mass is 16.5. The van der Waals surface area contributed by atoms with Crippen LogP contribution in [0.3, 0.4) is 0 Å². The molecule has 342 valence electrons. The van der Waals surface area contributed by atoms with Crippen molar-refractivity contribution >= 4 is 70.0 Å². The summed E-state index contributed by atoms with van der Waals surface area (Å²) in [7, 11) is 3.18. The largest absolute Gasteiger partial charge is 0.497 e. The maximum atomic E-state index is 14.0. The van der Waals surface area contributed by atoms with Crippen molar-refractivity contribution in [3.8, 4) is 23.0 Å². The number of Topliss-reactive ketones (excluding diaryl/α,β-unsaturated/α-hetero) is 1. The Balaban J connectivity index is 0.757. The maximum absolute atomic E-state index is 14.0. The monoisotopic (exact) mass is 901 g/mol. The number of methoxy groups -OCH3 is 2. The van der Waals surface area contributed by atoms with Gasteiger partial charge in [0.15, 0.2) is 17.3 Å². The maximum Gasteiger partial charge on any atom is 0.260 e. The number of nitrogens with zero attached hydrogens (tertiary/aromatic N) is 4. The van der Waals surface area contributed by atoms with Gasteiger partial charge in [0.1, 0.15) is 11.5 Å². The number of carbonyl (C=O) groups is 5. The number of ether oxygens (including phenoxy) is 4. The first-order valence-corrected chi connectivity index (χ1v) is 22.6. The molecule has 67 heavy (non-hydrogen) atoms. The van der Waals surface area contributed by atoms with Crippen LogP contribution in [-0.2, 0) is 14.4 Å². The number of amides is 4. The number of fused-ring (bicyclic) bond motifs is 4. The summed E-state index contributed by atoms with van der Waals surface area (Å²) in [5.74, 6) is 1.20. The van der Waals surface area contributed by atoms with Crippen LogP contribution in [0, 0.1) is 18.8 Å². The standard InChI is InChI=1S/C53H51N5O9/c1-32-22-42-44(54-29-36-23-35(25-41(36)52(42)62)33-11-15-40(64-2)16-12-33)27-46(32)66-20-7-21-67-48-28-45-43(26-47(48)65-3)53(63)58-31-37(24-39(58)30-55-45)34-9-13-38(14-10-34)56-49(59)8-5-4-6-19-57-50(60)17-18-51(57)61/h9-18,22,25-31,36,39,41H,4-8,19-21,23-24H2,1-3H3,(H,56,59)/t36-,39-,41?/m0/s1. The number of carbonyl (C=O) groups excluding carboxylic acids is 5. The van der Waals surface area contributed by atoms with Gasteiger partial charge >= 0.3 is 0 Å². The predicted octanol–water partition coefficient (Wildman–Crippen LogP) is 8.87. The van der Waals surface area contributed by atoms with E-state index in [1.54, 1.807) is 30.4 Å². The number of anilines is 1. The minimum absolute atomic E-state index is 0.0160. The Morgan fingerprint density at radius 1 is 0.716 bits per heavy atom. The van der Waals surface area contributed by atoms with Crippen LogP contribution >= 0.6 is 0 Å². The van der Waals surface area contributed by atoms with Crippen molar-refractivity contribution in [3.63, 3.8) is 0 Å². The van der Waals surface area contributed by atoms with Gasteiger partial charge in [-0.25, -0.2) is 0 Å². The minimum Gasteiger partial charge on any atom is -0.497 e. The van der Waals surface area contributed by atoms with Crippen molar-refractivity contribution < 1.29 is 42.9 Å². The number of nitrogens with one attached hydrogen (secondary N) is 1. The lowest BCUT2D eigenvalue weighted by atomic mass is 9.89. The van der Waals surface area contributed by atoms with Gasteiger partial charge < -0.3 is 29.2 Å². The normalized spacial score (nSPS) is 19.0. The summed E-state index contributed by atoms with van der Waals surface area (Å²) in [4.78, 5) is 76.2. The molecule has 4 amide bonds. The van der Waals surface area contributed by atoms with Crippen molar-refractivity contribution in [1.29, 1.82) is 0 Å². The van der Waals surface area contributed by atoms with E-state index in [2.05, 4.69) is 11.4 Å². The zero-order valence-electron chi connectivity index (χ0n) is 37.7. The number of aryl methyl sites for hydroxylation is 1. The molecule has 0 radical (unpaired) electrons. The third-order valence-corrected chi connectivity index (χ3v) is 12.8. The zero-order valence-corrected chi connectivity index (χ0v) is 37.7. The molecule has 1 unspecified atom stereocenters. The van der Waals surface area contributed by atoms with E-state index in [9.17, 15) is 24.0 Å². The summed E-state index contributed by atoms with van der Waals surface area (Å²) in [6.45, 7) is 2.96. The molecular formula is C53H51N5O9. The third kappa shape index (κ3) is 9.56. The van der Waals surface area contributed by atoms with Crippen molar-refractivity contribution in [2.45, 2.75) is 57.9 Å². The van der Waals surface area contributed by atoms with Gasteiger partial charge in [-0.3, -0.25) is 38.9 Å². The molecule has 14 nitrogen and oxygen atoms in total. The lowest BCUT2D eigenvalue weighted by Crippen LogP contribution is -2.32. The molecule has 4 aliphatic heterocycles. The Bertz CT molecular complexity index is 2770. The smallest absolute Gasteiger partial charge is 0.260 e. The average Bonchev–Trinajstić information content (AvgIpc) is 4.02. The first-order valence-electron chi connectivity index (χ1n) is 22.6. The molecule has 4 aromatic carbocycles. The van der Waals surface area contributed by atoms with E-state index in [1.165, 1.54) is 24.2 Å². The molecule has 0 saturated carbocycles. The number of rotatable bonds is 17. The van der Waals surface area contributed by atoms with Gasteiger partial charge in [-0.05, 0) is 90.4 Å². The Morgan fingerprint density at radius 3 is 2.15 bits per heavy atom. The summed E-state index contributed by atoms with van der Waals surface area (Å²) >= 11 is 0. The fraction of sp³-hybridized carbons (Fsp3) is 0.302. The quantitative estimate of drug-likeness (QED) is 0.0805. The van der Waals surface area contributed by atoms with Crippen LogP contribution in [0.4, 0.5) is 17.1 Å². The van der Waals surface area contributed by atoms with Crippen LogP contribution in [0.15, 0.2) is 107 Å². The summed E-state index contributed by atoms with van der Waals surface area (Å²) in [6.07, 6.45) is 14.4. The van der Waals surface area contributed by atoms with Gasteiger partial charge in [0, 0.05) is 91.8 Å².